The first-order valence-corrected chi connectivity index (χ1v) is 8.61. The van der Waals surface area contributed by atoms with Crippen molar-refractivity contribution in [3.63, 3.8) is 0 Å². The zero-order valence-electron chi connectivity index (χ0n) is 14.9. The minimum atomic E-state index is -0.291. The summed E-state index contributed by atoms with van der Waals surface area (Å²) in [5.74, 6) is 1.14. The van der Waals surface area contributed by atoms with Crippen LogP contribution >= 0.6 is 0 Å². The lowest BCUT2D eigenvalue weighted by Gasteiger charge is -2.47. The Kier molecular flexibility index (Phi) is 3.39. The fourth-order valence-electron chi connectivity index (χ4n) is 4.80. The van der Waals surface area contributed by atoms with Crippen LogP contribution in [0.2, 0.25) is 0 Å². The number of aryl methyl sites for hydroxylation is 2. The summed E-state index contributed by atoms with van der Waals surface area (Å²) < 4.78 is 7.44. The molecule has 0 aromatic carbocycles. The largest absolute Gasteiger partial charge is 0.515 e. The summed E-state index contributed by atoms with van der Waals surface area (Å²) in [4.78, 5) is 12.5. The first-order chi connectivity index (χ1) is 11.9. The normalized spacial score (nSPS) is 30.4. The summed E-state index contributed by atoms with van der Waals surface area (Å²) in [6, 6.07) is 0. The molecular weight excluding hydrogens is 320 g/mol. The number of aliphatic hydroxyl groups excluding tert-OH is 1. The quantitative estimate of drug-likeness (QED) is 0.632. The van der Waals surface area contributed by atoms with Crippen LogP contribution in [0.1, 0.15) is 43.8 Å². The van der Waals surface area contributed by atoms with Gasteiger partial charge in [0.05, 0.1) is 12.0 Å². The number of nitrogens with zero attached hydrogens (tertiary/aromatic N) is 4. The standard InChI is InChI=1S/C18H22N4O3/c1-9-13-6-5-12-14(17-20-19-10(2)25-17)22(4)21-16(12)18(13,3)7-11(8-23)15(9)24/h8-9,13,23H,5-7H2,1-4H3/b11-8-/t9-,13-,18-/m0/s1. The molecule has 0 radical (unpaired) electrons. The third kappa shape index (κ3) is 2.11. The van der Waals surface area contributed by atoms with Crippen molar-refractivity contribution in [2.45, 2.75) is 45.4 Å². The van der Waals surface area contributed by atoms with E-state index < -0.39 is 0 Å². The molecule has 2 heterocycles. The van der Waals surface area contributed by atoms with Crippen molar-refractivity contribution in [3.05, 3.63) is 29.0 Å². The van der Waals surface area contributed by atoms with Gasteiger partial charge < -0.3 is 9.52 Å². The molecule has 2 aliphatic rings. The van der Waals surface area contributed by atoms with Crippen LogP contribution in [0.15, 0.2) is 16.3 Å². The van der Waals surface area contributed by atoms with E-state index in [0.717, 1.165) is 36.1 Å². The van der Waals surface area contributed by atoms with Gasteiger partial charge in [-0.15, -0.1) is 10.2 Å². The maximum atomic E-state index is 12.5. The van der Waals surface area contributed by atoms with Gasteiger partial charge in [0, 0.05) is 36.4 Å². The van der Waals surface area contributed by atoms with Gasteiger partial charge in [-0.1, -0.05) is 13.8 Å². The lowest BCUT2D eigenvalue weighted by atomic mass is 9.55. The van der Waals surface area contributed by atoms with Gasteiger partial charge in [0.2, 0.25) is 5.89 Å². The number of allylic oxidation sites excluding steroid dienone is 1. The molecule has 3 atom stereocenters. The van der Waals surface area contributed by atoms with Gasteiger partial charge in [-0.25, -0.2) is 0 Å². The highest BCUT2D eigenvalue weighted by Gasteiger charge is 2.52. The minimum Gasteiger partial charge on any atom is -0.515 e. The second kappa shape index (κ2) is 5.28. The van der Waals surface area contributed by atoms with Crippen molar-refractivity contribution in [1.29, 1.82) is 0 Å². The van der Waals surface area contributed by atoms with Crippen LogP contribution in [0.25, 0.3) is 11.6 Å². The van der Waals surface area contributed by atoms with E-state index in [0.29, 0.717) is 23.8 Å². The second-order valence-corrected chi connectivity index (χ2v) is 7.47. The van der Waals surface area contributed by atoms with Gasteiger partial charge in [0.1, 0.15) is 5.69 Å². The Morgan fingerprint density at radius 2 is 2.16 bits per heavy atom. The maximum absolute atomic E-state index is 12.5. The highest BCUT2D eigenvalue weighted by atomic mass is 16.4. The van der Waals surface area contributed by atoms with Crippen molar-refractivity contribution >= 4 is 5.78 Å². The maximum Gasteiger partial charge on any atom is 0.266 e. The number of fused-ring (bicyclic) bond motifs is 3. The third-order valence-corrected chi connectivity index (χ3v) is 5.99. The molecule has 0 bridgehead atoms. The predicted octanol–water partition coefficient (Wildman–Crippen LogP) is 2.65. The molecule has 0 aliphatic heterocycles. The first kappa shape index (κ1) is 16.1. The Labute approximate surface area is 145 Å². The van der Waals surface area contributed by atoms with E-state index in [1.165, 1.54) is 0 Å². The smallest absolute Gasteiger partial charge is 0.266 e. The lowest BCUT2D eigenvalue weighted by molar-refractivity contribution is -0.124. The number of carbonyl (C=O) groups excluding carboxylic acids is 1. The van der Waals surface area contributed by atoms with Crippen molar-refractivity contribution in [1.82, 2.24) is 20.0 Å². The van der Waals surface area contributed by atoms with Crippen molar-refractivity contribution < 1.29 is 14.3 Å². The Balaban J connectivity index is 1.88. The topological polar surface area (TPSA) is 94.0 Å². The van der Waals surface area contributed by atoms with E-state index in [-0.39, 0.29) is 23.0 Å². The van der Waals surface area contributed by atoms with Gasteiger partial charge >= 0.3 is 0 Å². The number of hydrogen-bond acceptors (Lipinski definition) is 6. The average molecular weight is 342 g/mol. The molecule has 2 aromatic heterocycles. The summed E-state index contributed by atoms with van der Waals surface area (Å²) in [5.41, 5.74) is 3.15. The molecule has 2 aromatic rings. The number of aromatic nitrogens is 4. The van der Waals surface area contributed by atoms with Crippen molar-refractivity contribution in [3.8, 4) is 11.6 Å². The summed E-state index contributed by atoms with van der Waals surface area (Å²) >= 11 is 0. The Bertz CT molecular complexity index is 894. The Morgan fingerprint density at radius 3 is 2.80 bits per heavy atom. The van der Waals surface area contributed by atoms with Gasteiger partial charge in [-0.2, -0.15) is 5.10 Å². The SMILES string of the molecule is Cc1nnc(-c2c3c(nn2C)[C@@]2(C)C/C(=C/O)C(=O)[C@@H](C)[C@@H]2CC3)o1. The monoisotopic (exact) mass is 342 g/mol. The molecule has 132 valence electrons. The molecule has 1 saturated carbocycles. The summed E-state index contributed by atoms with van der Waals surface area (Å²) in [7, 11) is 1.88. The van der Waals surface area contributed by atoms with Gasteiger partial charge in [-0.3, -0.25) is 9.48 Å². The number of rotatable bonds is 1. The fourth-order valence-corrected chi connectivity index (χ4v) is 4.80. The molecule has 1 N–H and O–H groups in total. The van der Waals surface area contributed by atoms with E-state index in [9.17, 15) is 9.90 Å². The highest BCUT2D eigenvalue weighted by Crippen LogP contribution is 2.53. The predicted molar refractivity (Wildman–Crippen MR) is 89.9 cm³/mol. The molecule has 7 nitrogen and oxygen atoms in total. The molecule has 0 saturated heterocycles. The van der Waals surface area contributed by atoms with Crippen LogP contribution in [0.4, 0.5) is 0 Å². The van der Waals surface area contributed by atoms with Gasteiger partial charge in [0.25, 0.3) is 5.89 Å². The van der Waals surface area contributed by atoms with E-state index in [2.05, 4.69) is 17.1 Å². The molecule has 4 rings (SSSR count). The van der Waals surface area contributed by atoms with Gasteiger partial charge in [-0.05, 0) is 25.2 Å². The number of Topliss-reactive ketones (excluding diaryl/α,β-unsaturated/α-hetero) is 1. The summed E-state index contributed by atoms with van der Waals surface area (Å²) in [6.07, 6.45) is 3.21. The van der Waals surface area contributed by atoms with E-state index in [4.69, 9.17) is 9.52 Å². The Morgan fingerprint density at radius 1 is 1.40 bits per heavy atom. The van der Waals surface area contributed by atoms with Crippen LogP contribution in [-0.4, -0.2) is 30.9 Å². The molecule has 1 fully saturated rings. The lowest BCUT2D eigenvalue weighted by Crippen LogP contribution is -2.47. The first-order valence-electron chi connectivity index (χ1n) is 8.61. The van der Waals surface area contributed by atoms with Crippen LogP contribution < -0.4 is 0 Å². The van der Waals surface area contributed by atoms with E-state index >= 15 is 0 Å². The zero-order chi connectivity index (χ0) is 17.9. The fraction of sp³-hybridized carbons (Fsp3) is 0.556. The Hall–Kier alpha value is -2.44. The average Bonchev–Trinajstić information content (AvgIpc) is 3.14. The van der Waals surface area contributed by atoms with E-state index in [1.54, 1.807) is 11.6 Å². The third-order valence-electron chi connectivity index (χ3n) is 5.99. The van der Waals surface area contributed by atoms with Crippen LogP contribution in [0.5, 0.6) is 0 Å². The van der Waals surface area contributed by atoms with E-state index in [1.807, 2.05) is 14.0 Å². The molecule has 2 aliphatic carbocycles. The molecule has 25 heavy (non-hydrogen) atoms. The molecule has 0 unspecified atom stereocenters. The zero-order valence-corrected chi connectivity index (χ0v) is 14.9. The summed E-state index contributed by atoms with van der Waals surface area (Å²) in [6.45, 7) is 5.88. The summed E-state index contributed by atoms with van der Waals surface area (Å²) in [5, 5.41) is 22.4. The number of hydrogen-bond donors (Lipinski definition) is 1. The van der Waals surface area contributed by atoms with Gasteiger partial charge in [0.15, 0.2) is 5.78 Å². The molecule has 0 spiro atoms. The number of aliphatic hydroxyl groups is 1. The number of ketones is 1. The molecular formula is C18H22N4O3. The van der Waals surface area contributed by atoms with Crippen LogP contribution in [0, 0.1) is 18.8 Å². The van der Waals surface area contributed by atoms with Crippen LogP contribution in [0.3, 0.4) is 0 Å². The highest BCUT2D eigenvalue weighted by molar-refractivity contribution is 5.98. The molecule has 0 amide bonds. The van der Waals surface area contributed by atoms with Crippen molar-refractivity contribution in [2.24, 2.45) is 18.9 Å². The molecule has 7 heteroatoms. The minimum absolute atomic E-state index is 0.0529. The second-order valence-electron chi connectivity index (χ2n) is 7.47. The van der Waals surface area contributed by atoms with Crippen LogP contribution in [-0.2, 0) is 23.7 Å². The van der Waals surface area contributed by atoms with Crippen molar-refractivity contribution in [2.75, 3.05) is 0 Å². The number of carbonyl (C=O) groups is 1.